The van der Waals surface area contributed by atoms with Crippen molar-refractivity contribution in [1.29, 1.82) is 0 Å². The summed E-state index contributed by atoms with van der Waals surface area (Å²) in [6.45, 7) is 1.83. The van der Waals surface area contributed by atoms with Crippen molar-refractivity contribution in [3.05, 3.63) is 33.9 Å². The minimum absolute atomic E-state index is 0.152. The molecule has 6 nitrogen and oxygen atoms in total. The van der Waals surface area contributed by atoms with E-state index >= 15 is 0 Å². The summed E-state index contributed by atoms with van der Waals surface area (Å²) in [5.41, 5.74) is 1.72. The summed E-state index contributed by atoms with van der Waals surface area (Å²) in [6.07, 6.45) is 5.32. The molecule has 0 aliphatic rings. The van der Waals surface area contributed by atoms with Crippen LogP contribution in [0.4, 0.5) is 0 Å². The van der Waals surface area contributed by atoms with Crippen molar-refractivity contribution in [2.75, 3.05) is 0 Å². The van der Waals surface area contributed by atoms with Crippen molar-refractivity contribution in [2.45, 2.75) is 12.8 Å². The zero-order valence-electron chi connectivity index (χ0n) is 8.49. The third kappa shape index (κ3) is 1.48. The molecule has 6 heteroatoms. The fraction of sp³-hybridized carbons (Fsp3) is 0.200. The monoisotopic (exact) mass is 216 g/mol. The van der Waals surface area contributed by atoms with Crippen molar-refractivity contribution < 1.29 is 5.03 Å². The Morgan fingerprint density at radius 1 is 1.56 bits per heavy atom. The Morgan fingerprint density at radius 3 is 2.94 bits per heavy atom. The molecule has 1 heterocycles. The number of fused-ring (bicyclic) bond motifs is 1. The molecule has 1 unspecified atom stereocenters. The van der Waals surface area contributed by atoms with E-state index in [9.17, 15) is 10.1 Å². The van der Waals surface area contributed by atoms with Crippen LogP contribution in [0.15, 0.2) is 18.2 Å². The first-order valence-electron chi connectivity index (χ1n) is 4.60. The first kappa shape index (κ1) is 10.1. The van der Waals surface area contributed by atoms with Crippen LogP contribution in [0.1, 0.15) is 18.4 Å². The molecular formula is C10H8N4O2. The molecule has 0 aliphatic heterocycles. The molecule has 0 saturated heterocycles. The molecule has 0 radical (unpaired) electrons. The van der Waals surface area contributed by atoms with Crippen LogP contribution in [0.3, 0.4) is 0 Å². The number of rotatable bonds is 2. The van der Waals surface area contributed by atoms with Gasteiger partial charge in [-0.05, 0) is 13.0 Å². The van der Waals surface area contributed by atoms with Gasteiger partial charge in [0.15, 0.2) is 0 Å². The van der Waals surface area contributed by atoms with Gasteiger partial charge >= 0.3 is 0 Å². The molecular weight excluding hydrogens is 208 g/mol. The second-order valence-electron chi connectivity index (χ2n) is 3.31. The Balaban J connectivity index is 2.68. The van der Waals surface area contributed by atoms with Gasteiger partial charge in [0.25, 0.3) is 0 Å². The summed E-state index contributed by atoms with van der Waals surface area (Å²) in [5.74, 6) is 2.41. The molecule has 80 valence electrons. The van der Waals surface area contributed by atoms with Gasteiger partial charge in [0, 0.05) is 26.7 Å². The normalized spacial score (nSPS) is 12.2. The summed E-state index contributed by atoms with van der Waals surface area (Å²) in [5, 5.41) is 17.4. The van der Waals surface area contributed by atoms with Crippen LogP contribution in [-0.4, -0.2) is 20.1 Å². The van der Waals surface area contributed by atoms with Gasteiger partial charge in [-0.1, -0.05) is 18.1 Å². The Kier molecular flexibility index (Phi) is 2.29. The smallest absolute Gasteiger partial charge is 0.215 e. The first-order chi connectivity index (χ1) is 7.63. The second-order valence-corrected chi connectivity index (χ2v) is 3.31. The number of nitro groups is 1. The minimum atomic E-state index is -0.690. The van der Waals surface area contributed by atoms with Crippen LogP contribution in [-0.2, 0) is 0 Å². The quantitative estimate of drug-likeness (QED) is 0.429. The number of terminal acetylenes is 1. The van der Waals surface area contributed by atoms with Crippen LogP contribution < -0.4 is 0 Å². The van der Waals surface area contributed by atoms with Crippen molar-refractivity contribution in [3.8, 4) is 12.3 Å². The van der Waals surface area contributed by atoms with Gasteiger partial charge in [-0.25, -0.2) is 0 Å². The van der Waals surface area contributed by atoms with E-state index in [0.717, 1.165) is 5.56 Å². The molecule has 0 aliphatic carbocycles. The van der Waals surface area contributed by atoms with E-state index in [4.69, 9.17) is 6.42 Å². The maximum absolute atomic E-state index is 10.5. The Labute approximate surface area is 91.0 Å². The lowest BCUT2D eigenvalue weighted by atomic mass is 10.0. The highest BCUT2D eigenvalue weighted by molar-refractivity contribution is 5.78. The zero-order chi connectivity index (χ0) is 11.7. The molecule has 0 amide bonds. The molecule has 1 atom stereocenters. The van der Waals surface area contributed by atoms with Crippen molar-refractivity contribution in [3.63, 3.8) is 0 Å². The lowest BCUT2D eigenvalue weighted by Gasteiger charge is -2.00. The second kappa shape index (κ2) is 3.62. The summed E-state index contributed by atoms with van der Waals surface area (Å²) in [6, 6.07) is 5.21. The lowest BCUT2D eigenvalue weighted by Crippen LogP contribution is -2.11. The topological polar surface area (TPSA) is 73.8 Å². The molecule has 0 bridgehead atoms. The Morgan fingerprint density at radius 2 is 2.31 bits per heavy atom. The van der Waals surface area contributed by atoms with Gasteiger partial charge in [-0.3, -0.25) is 0 Å². The predicted molar refractivity (Wildman–Crippen MR) is 57.2 cm³/mol. The maximum Gasteiger partial charge on any atom is 0.215 e. The van der Waals surface area contributed by atoms with Crippen LogP contribution in [0.25, 0.3) is 11.0 Å². The average molecular weight is 216 g/mol. The molecule has 0 fully saturated rings. The maximum atomic E-state index is 10.5. The van der Waals surface area contributed by atoms with Gasteiger partial charge in [0.2, 0.25) is 11.0 Å². The number of nitrogens with zero attached hydrogens (tertiary/aromatic N) is 4. The highest BCUT2D eigenvalue weighted by Gasteiger charge is 2.18. The third-order valence-electron chi connectivity index (χ3n) is 2.30. The van der Waals surface area contributed by atoms with Gasteiger partial charge < -0.3 is 10.1 Å². The van der Waals surface area contributed by atoms with Crippen molar-refractivity contribution >= 4 is 11.0 Å². The van der Waals surface area contributed by atoms with E-state index in [1.165, 1.54) is 0 Å². The molecule has 0 saturated carbocycles. The van der Waals surface area contributed by atoms with E-state index in [1.807, 2.05) is 6.92 Å². The standard InChI is InChI=1S/C10H8N4O2/c1-3-7(2)8-5-4-6-9-10(8)12-13(11-9)14(15)16/h1,4-7H,2H3. The minimum Gasteiger partial charge on any atom is -0.372 e. The van der Waals surface area contributed by atoms with Gasteiger partial charge in [0.1, 0.15) is 4.91 Å². The summed E-state index contributed by atoms with van der Waals surface area (Å²) >= 11 is 0. The van der Waals surface area contributed by atoms with Crippen molar-refractivity contribution in [2.24, 2.45) is 0 Å². The van der Waals surface area contributed by atoms with E-state index in [-0.39, 0.29) is 5.92 Å². The first-order valence-corrected chi connectivity index (χ1v) is 4.60. The number of benzene rings is 1. The van der Waals surface area contributed by atoms with Crippen molar-refractivity contribution in [1.82, 2.24) is 15.1 Å². The largest absolute Gasteiger partial charge is 0.372 e. The number of hydrogen-bond donors (Lipinski definition) is 0. The van der Waals surface area contributed by atoms with Gasteiger partial charge in [-0.15, -0.1) is 6.42 Å². The molecule has 2 rings (SSSR count). The van der Waals surface area contributed by atoms with E-state index in [2.05, 4.69) is 16.1 Å². The highest BCUT2D eigenvalue weighted by atomic mass is 16.7. The summed E-state index contributed by atoms with van der Waals surface area (Å²) < 4.78 is 0. The highest BCUT2D eigenvalue weighted by Crippen LogP contribution is 2.22. The van der Waals surface area contributed by atoms with Crippen LogP contribution >= 0.6 is 0 Å². The molecule has 2 aromatic rings. The molecule has 1 aromatic carbocycles. The third-order valence-corrected chi connectivity index (χ3v) is 2.30. The Bertz CT molecular complexity index is 596. The van der Waals surface area contributed by atoms with E-state index < -0.39 is 5.03 Å². The lowest BCUT2D eigenvalue weighted by molar-refractivity contribution is -0.563. The van der Waals surface area contributed by atoms with Crippen LogP contribution in [0.5, 0.6) is 0 Å². The molecule has 0 N–H and O–H groups in total. The predicted octanol–water partition coefficient (Wildman–Crippen LogP) is 1.21. The Hall–Kier alpha value is -2.42. The van der Waals surface area contributed by atoms with Gasteiger partial charge in [0.05, 0.1) is 0 Å². The fourth-order valence-corrected chi connectivity index (χ4v) is 1.46. The van der Waals surface area contributed by atoms with Crippen LogP contribution in [0.2, 0.25) is 0 Å². The SMILES string of the molecule is C#CC(C)c1cccc2nn([N+](=O)[O-])nc12. The summed E-state index contributed by atoms with van der Waals surface area (Å²) in [4.78, 5) is 11.0. The fourth-order valence-electron chi connectivity index (χ4n) is 1.46. The summed E-state index contributed by atoms with van der Waals surface area (Å²) in [7, 11) is 0. The zero-order valence-corrected chi connectivity index (χ0v) is 8.49. The van der Waals surface area contributed by atoms with E-state index in [1.54, 1.807) is 18.2 Å². The van der Waals surface area contributed by atoms with Crippen LogP contribution in [0, 0.1) is 22.5 Å². The molecule has 16 heavy (non-hydrogen) atoms. The average Bonchev–Trinajstić information content (AvgIpc) is 2.71. The number of hydrogen-bond acceptors (Lipinski definition) is 4. The molecule has 1 aromatic heterocycles. The molecule has 0 spiro atoms. The number of aromatic nitrogens is 3. The van der Waals surface area contributed by atoms with Gasteiger partial charge in [-0.2, -0.15) is 0 Å². The van der Waals surface area contributed by atoms with E-state index in [0.29, 0.717) is 15.9 Å².